The molecule has 2 saturated heterocycles. The molecule has 0 radical (unpaired) electrons. The van der Waals surface area contributed by atoms with E-state index in [2.05, 4.69) is 24.8 Å². The largest absolute Gasteiger partial charge is 0.324 e. The number of hydrogen-bond acceptors (Lipinski definition) is 3. The highest BCUT2D eigenvalue weighted by molar-refractivity contribution is 5.74. The predicted molar refractivity (Wildman–Crippen MR) is 82.8 cm³/mol. The molecule has 5 nitrogen and oxygen atoms in total. The Kier molecular flexibility index (Phi) is 5.86. The first kappa shape index (κ1) is 16.1. The summed E-state index contributed by atoms with van der Waals surface area (Å²) in [6.45, 7) is 9.30. The average molecular weight is 292 g/mol. The van der Waals surface area contributed by atoms with E-state index < -0.39 is 0 Å². The minimum absolute atomic E-state index is 0.0160. The molecule has 5 heteroatoms. The number of carbonyl (C=O) groups excluding carboxylic acids is 1. The van der Waals surface area contributed by atoms with E-state index in [4.69, 9.17) is 0 Å². The number of rotatable bonds is 3. The van der Waals surface area contributed by atoms with Gasteiger partial charge in [-0.25, -0.2) is 4.79 Å². The molecule has 2 unspecified atom stereocenters. The number of likely N-dealkylation sites (tertiary alicyclic amines) is 1. The van der Waals surface area contributed by atoms with Gasteiger partial charge in [0.2, 0.25) is 0 Å². The number of nitriles is 1. The van der Waals surface area contributed by atoms with E-state index in [9.17, 15) is 10.1 Å². The summed E-state index contributed by atoms with van der Waals surface area (Å²) in [5.74, 6) is 0.622. The van der Waals surface area contributed by atoms with Crippen molar-refractivity contribution in [2.45, 2.75) is 45.6 Å². The molecule has 2 aliphatic rings. The molecule has 0 saturated carbocycles. The van der Waals surface area contributed by atoms with Gasteiger partial charge in [0.15, 0.2) is 0 Å². The summed E-state index contributed by atoms with van der Waals surface area (Å²) in [6.07, 6.45) is 4.31. The Balaban J connectivity index is 1.83. The summed E-state index contributed by atoms with van der Waals surface area (Å²) in [4.78, 5) is 18.7. The topological polar surface area (TPSA) is 50.6 Å². The fourth-order valence-electron chi connectivity index (χ4n) is 3.39. The van der Waals surface area contributed by atoms with Crippen molar-refractivity contribution in [3.63, 3.8) is 0 Å². The maximum atomic E-state index is 12.5. The van der Waals surface area contributed by atoms with Crippen molar-refractivity contribution in [3.05, 3.63) is 0 Å². The molecular weight excluding hydrogens is 264 g/mol. The van der Waals surface area contributed by atoms with Crippen molar-refractivity contribution >= 4 is 6.03 Å². The normalized spacial score (nSPS) is 25.5. The van der Waals surface area contributed by atoms with E-state index in [-0.39, 0.29) is 12.1 Å². The first-order valence-electron chi connectivity index (χ1n) is 8.33. The van der Waals surface area contributed by atoms with Crippen LogP contribution in [0.4, 0.5) is 4.79 Å². The van der Waals surface area contributed by atoms with Crippen LogP contribution >= 0.6 is 0 Å². The SMILES string of the molecule is CCCC(C#N)N1CCN(C(=O)N2CCCC(C)C2)CC1. The third-order valence-electron chi connectivity index (χ3n) is 4.66. The Morgan fingerprint density at radius 1 is 1.24 bits per heavy atom. The molecule has 0 aromatic rings. The number of piperidine rings is 1. The van der Waals surface area contributed by atoms with Crippen LogP contribution in [0.5, 0.6) is 0 Å². The minimum Gasteiger partial charge on any atom is -0.324 e. The van der Waals surface area contributed by atoms with Gasteiger partial charge in [-0.05, 0) is 25.2 Å². The van der Waals surface area contributed by atoms with Gasteiger partial charge >= 0.3 is 6.03 Å². The molecule has 2 rings (SSSR count). The van der Waals surface area contributed by atoms with Gasteiger partial charge in [0, 0.05) is 39.3 Å². The maximum absolute atomic E-state index is 12.5. The van der Waals surface area contributed by atoms with Crippen LogP contribution in [0.15, 0.2) is 0 Å². The van der Waals surface area contributed by atoms with Gasteiger partial charge in [0.25, 0.3) is 0 Å². The Morgan fingerprint density at radius 2 is 1.95 bits per heavy atom. The maximum Gasteiger partial charge on any atom is 0.320 e. The summed E-state index contributed by atoms with van der Waals surface area (Å²) >= 11 is 0. The number of piperazine rings is 1. The molecule has 0 aliphatic carbocycles. The quantitative estimate of drug-likeness (QED) is 0.801. The van der Waals surface area contributed by atoms with E-state index >= 15 is 0 Å². The Labute approximate surface area is 128 Å². The molecule has 21 heavy (non-hydrogen) atoms. The highest BCUT2D eigenvalue weighted by Crippen LogP contribution is 2.18. The molecule has 2 aliphatic heterocycles. The third-order valence-corrected chi connectivity index (χ3v) is 4.66. The van der Waals surface area contributed by atoms with Gasteiger partial charge < -0.3 is 9.80 Å². The van der Waals surface area contributed by atoms with Crippen LogP contribution in [0.2, 0.25) is 0 Å². The number of urea groups is 1. The van der Waals surface area contributed by atoms with Crippen molar-refractivity contribution in [2.24, 2.45) is 5.92 Å². The molecule has 0 aromatic carbocycles. The van der Waals surface area contributed by atoms with Crippen molar-refractivity contribution in [1.29, 1.82) is 5.26 Å². The molecular formula is C16H28N4O. The van der Waals surface area contributed by atoms with Gasteiger partial charge in [-0.1, -0.05) is 20.3 Å². The van der Waals surface area contributed by atoms with E-state index in [1.807, 2.05) is 9.80 Å². The first-order valence-corrected chi connectivity index (χ1v) is 8.33. The molecule has 0 aromatic heterocycles. The van der Waals surface area contributed by atoms with Crippen LogP contribution in [-0.2, 0) is 0 Å². The van der Waals surface area contributed by atoms with Crippen LogP contribution < -0.4 is 0 Å². The fourth-order valence-corrected chi connectivity index (χ4v) is 3.39. The molecule has 2 amide bonds. The predicted octanol–water partition coefficient (Wildman–Crippen LogP) is 2.15. The molecule has 2 fully saturated rings. The first-order chi connectivity index (χ1) is 10.2. The van der Waals surface area contributed by atoms with Crippen molar-refractivity contribution in [2.75, 3.05) is 39.3 Å². The molecule has 2 heterocycles. The Morgan fingerprint density at radius 3 is 2.52 bits per heavy atom. The smallest absolute Gasteiger partial charge is 0.320 e. The molecule has 0 bridgehead atoms. The summed E-state index contributed by atoms with van der Waals surface area (Å²) in [6, 6.07) is 2.61. The Hall–Kier alpha value is -1.28. The van der Waals surface area contributed by atoms with Crippen molar-refractivity contribution < 1.29 is 4.79 Å². The molecule has 118 valence electrons. The van der Waals surface area contributed by atoms with Gasteiger partial charge in [-0.15, -0.1) is 0 Å². The lowest BCUT2D eigenvalue weighted by Crippen LogP contribution is -2.55. The lowest BCUT2D eigenvalue weighted by Gasteiger charge is -2.40. The van der Waals surface area contributed by atoms with Crippen LogP contribution in [0.1, 0.15) is 39.5 Å². The summed E-state index contributed by atoms with van der Waals surface area (Å²) in [5, 5.41) is 9.24. The van der Waals surface area contributed by atoms with E-state index in [0.717, 1.165) is 58.5 Å². The molecule has 2 atom stereocenters. The number of hydrogen-bond donors (Lipinski definition) is 0. The van der Waals surface area contributed by atoms with Gasteiger partial charge in [-0.3, -0.25) is 4.90 Å². The van der Waals surface area contributed by atoms with Gasteiger partial charge in [0.1, 0.15) is 0 Å². The standard InChI is InChI=1S/C16H28N4O/c1-3-5-15(12-17)18-8-10-19(11-9-18)16(21)20-7-4-6-14(2)13-20/h14-15H,3-11,13H2,1-2H3. The van der Waals surface area contributed by atoms with Crippen LogP contribution in [0.25, 0.3) is 0 Å². The van der Waals surface area contributed by atoms with Gasteiger partial charge in [-0.2, -0.15) is 5.26 Å². The second kappa shape index (κ2) is 7.65. The highest BCUT2D eigenvalue weighted by Gasteiger charge is 2.29. The Bertz CT molecular complexity index is 384. The van der Waals surface area contributed by atoms with Crippen LogP contribution in [0, 0.1) is 17.2 Å². The zero-order chi connectivity index (χ0) is 15.2. The molecule has 0 N–H and O–H groups in total. The lowest BCUT2D eigenvalue weighted by molar-refractivity contribution is 0.0905. The van der Waals surface area contributed by atoms with Gasteiger partial charge in [0.05, 0.1) is 12.1 Å². The zero-order valence-corrected chi connectivity index (χ0v) is 13.4. The summed E-state index contributed by atoms with van der Waals surface area (Å²) in [5.41, 5.74) is 0. The van der Waals surface area contributed by atoms with Crippen molar-refractivity contribution in [1.82, 2.24) is 14.7 Å². The number of carbonyl (C=O) groups is 1. The van der Waals surface area contributed by atoms with Crippen LogP contribution in [0.3, 0.4) is 0 Å². The van der Waals surface area contributed by atoms with Crippen LogP contribution in [-0.4, -0.2) is 66.0 Å². The minimum atomic E-state index is 0.0160. The summed E-state index contributed by atoms with van der Waals surface area (Å²) in [7, 11) is 0. The fraction of sp³-hybridized carbons (Fsp3) is 0.875. The highest BCUT2D eigenvalue weighted by atomic mass is 16.2. The number of amides is 2. The van der Waals surface area contributed by atoms with E-state index in [0.29, 0.717) is 5.92 Å². The van der Waals surface area contributed by atoms with E-state index in [1.54, 1.807) is 0 Å². The summed E-state index contributed by atoms with van der Waals surface area (Å²) < 4.78 is 0. The zero-order valence-electron chi connectivity index (χ0n) is 13.4. The molecule has 0 spiro atoms. The average Bonchev–Trinajstić information content (AvgIpc) is 2.52. The number of nitrogens with zero attached hydrogens (tertiary/aromatic N) is 4. The van der Waals surface area contributed by atoms with E-state index in [1.165, 1.54) is 6.42 Å². The van der Waals surface area contributed by atoms with Crippen molar-refractivity contribution in [3.8, 4) is 6.07 Å². The second-order valence-electron chi connectivity index (χ2n) is 6.43. The monoisotopic (exact) mass is 292 g/mol. The lowest BCUT2D eigenvalue weighted by atomic mass is 10.0. The third kappa shape index (κ3) is 4.10. The second-order valence-corrected chi connectivity index (χ2v) is 6.43.